The van der Waals surface area contributed by atoms with Crippen molar-refractivity contribution < 1.29 is 17.0 Å². The average molecular weight is 451 g/mol. The van der Waals surface area contributed by atoms with Gasteiger partial charge in [-0.1, -0.05) is 11.6 Å². The van der Waals surface area contributed by atoms with Crippen molar-refractivity contribution in [3.05, 3.63) is 28.7 Å². The molecule has 0 amide bonds. The maximum absolute atomic E-state index is 14.2. The van der Waals surface area contributed by atoms with Crippen LogP contribution >= 0.6 is 11.6 Å². The third-order valence-electron chi connectivity index (χ3n) is 4.64. The Balaban J connectivity index is 2.10. The second-order valence-electron chi connectivity index (χ2n) is 7.88. The number of nitrogens with zero attached hydrogens (tertiary/aromatic N) is 3. The monoisotopic (exact) mass is 450 g/mol. The van der Waals surface area contributed by atoms with Crippen molar-refractivity contribution in [2.45, 2.75) is 38.5 Å². The summed E-state index contributed by atoms with van der Waals surface area (Å²) in [6.07, 6.45) is 1.08. The highest BCUT2D eigenvalue weighted by atomic mass is 35.5. The van der Waals surface area contributed by atoms with Crippen LogP contribution in [0.4, 0.5) is 10.2 Å². The first-order chi connectivity index (χ1) is 12.9. The normalized spacial score (nSPS) is 19.7. The summed E-state index contributed by atoms with van der Waals surface area (Å²) in [5, 5.41) is 4.31. The lowest BCUT2D eigenvalue weighted by Crippen LogP contribution is -2.42. The van der Waals surface area contributed by atoms with Crippen LogP contribution in [-0.4, -0.2) is 51.6 Å². The molecule has 2 atom stereocenters. The fourth-order valence-corrected chi connectivity index (χ4v) is 5.35. The van der Waals surface area contributed by atoms with E-state index in [0.717, 1.165) is 6.20 Å². The predicted molar refractivity (Wildman–Crippen MR) is 110 cm³/mol. The fourth-order valence-electron chi connectivity index (χ4n) is 3.06. The van der Waals surface area contributed by atoms with Gasteiger partial charge in [-0.2, -0.15) is 5.10 Å². The molecule has 1 N–H and O–H groups in total. The van der Waals surface area contributed by atoms with Gasteiger partial charge in [0.1, 0.15) is 11.3 Å². The van der Waals surface area contributed by atoms with Crippen molar-refractivity contribution in [3.8, 4) is 0 Å². The summed E-state index contributed by atoms with van der Waals surface area (Å²) >= 11 is 6.32. The standard InChI is InChI=1S/C17H24ClFN4O3S2/c1-11(21-27(24)17(2,3)4)12-9-13(18)15-14(19)10-20-23(15)16(12)22-5-7-28(25,26)8-6-22/h9-11,21H,5-8H2,1-4H3/t11-,27-/m0/s1. The zero-order valence-corrected chi connectivity index (χ0v) is 18.6. The second kappa shape index (κ2) is 7.55. The molecule has 11 heteroatoms. The molecule has 1 saturated heterocycles. The Bertz CT molecular complexity index is 1020. The van der Waals surface area contributed by atoms with Gasteiger partial charge in [-0.05, 0) is 33.8 Å². The highest BCUT2D eigenvalue weighted by molar-refractivity contribution is 7.91. The molecule has 156 valence electrons. The van der Waals surface area contributed by atoms with E-state index in [4.69, 9.17) is 11.6 Å². The summed E-state index contributed by atoms with van der Waals surface area (Å²) in [5.41, 5.74) is 0.815. The number of sulfone groups is 1. The maximum Gasteiger partial charge on any atom is 0.170 e. The van der Waals surface area contributed by atoms with Gasteiger partial charge in [0.25, 0.3) is 0 Å². The van der Waals surface area contributed by atoms with Crippen LogP contribution in [0.3, 0.4) is 0 Å². The Morgan fingerprint density at radius 2 is 1.93 bits per heavy atom. The smallest absolute Gasteiger partial charge is 0.170 e. The van der Waals surface area contributed by atoms with Crippen molar-refractivity contribution in [2.24, 2.45) is 0 Å². The van der Waals surface area contributed by atoms with Gasteiger partial charge in [-0.15, -0.1) is 0 Å². The quantitative estimate of drug-likeness (QED) is 0.773. The van der Waals surface area contributed by atoms with E-state index in [1.54, 1.807) is 6.07 Å². The molecular weight excluding hydrogens is 427 g/mol. The number of rotatable bonds is 4. The molecule has 7 nitrogen and oxygen atoms in total. The third kappa shape index (κ3) is 4.19. The number of nitrogens with one attached hydrogen (secondary N) is 1. The van der Waals surface area contributed by atoms with E-state index in [9.17, 15) is 17.0 Å². The summed E-state index contributed by atoms with van der Waals surface area (Å²) in [4.78, 5) is 1.87. The molecule has 0 aromatic carbocycles. The predicted octanol–water partition coefficient (Wildman–Crippen LogP) is 2.47. The average Bonchev–Trinajstić information content (AvgIpc) is 2.97. The van der Waals surface area contributed by atoms with Gasteiger partial charge in [0.2, 0.25) is 0 Å². The SMILES string of the molecule is C[C@H](N[S@@](=O)C(C)(C)C)c1cc(Cl)c2c(F)cnn2c1N1CCS(=O)(=O)CC1. The Hall–Kier alpha value is -1.23. The number of pyridine rings is 1. The van der Waals surface area contributed by atoms with Crippen LogP contribution in [0.25, 0.3) is 5.52 Å². The molecule has 1 aliphatic rings. The molecular formula is C17H24ClFN4O3S2. The van der Waals surface area contributed by atoms with Crippen molar-refractivity contribution in [2.75, 3.05) is 29.5 Å². The summed E-state index contributed by atoms with van der Waals surface area (Å²) in [6.45, 7) is 7.95. The first-order valence-corrected chi connectivity index (χ1v) is 12.2. The van der Waals surface area contributed by atoms with Crippen LogP contribution in [-0.2, 0) is 20.8 Å². The molecule has 28 heavy (non-hydrogen) atoms. The van der Waals surface area contributed by atoms with Gasteiger partial charge in [0, 0.05) is 24.7 Å². The number of aromatic nitrogens is 2. The molecule has 0 bridgehead atoms. The molecule has 0 unspecified atom stereocenters. The van der Waals surface area contributed by atoms with Crippen LogP contribution < -0.4 is 9.62 Å². The summed E-state index contributed by atoms with van der Waals surface area (Å²) in [7, 11) is -4.43. The molecule has 0 spiro atoms. The molecule has 0 radical (unpaired) electrons. The van der Waals surface area contributed by atoms with Crippen molar-refractivity contribution in [3.63, 3.8) is 0 Å². The van der Waals surface area contributed by atoms with E-state index in [0.29, 0.717) is 11.4 Å². The number of hydrogen-bond donors (Lipinski definition) is 1. The van der Waals surface area contributed by atoms with Gasteiger partial charge in [0.15, 0.2) is 15.7 Å². The zero-order valence-electron chi connectivity index (χ0n) is 16.2. The Kier molecular flexibility index (Phi) is 5.79. The Labute approximate surface area is 171 Å². The Morgan fingerprint density at radius 1 is 1.32 bits per heavy atom. The molecule has 0 aliphatic carbocycles. The van der Waals surface area contributed by atoms with Gasteiger partial charge in [-0.3, -0.25) is 0 Å². The largest absolute Gasteiger partial charge is 0.354 e. The highest BCUT2D eigenvalue weighted by Crippen LogP contribution is 2.34. The summed E-state index contributed by atoms with van der Waals surface area (Å²) in [6, 6.07) is 1.25. The van der Waals surface area contributed by atoms with E-state index in [2.05, 4.69) is 9.82 Å². The molecule has 0 saturated carbocycles. The Morgan fingerprint density at radius 3 is 2.50 bits per heavy atom. The topological polar surface area (TPSA) is 83.8 Å². The van der Waals surface area contributed by atoms with Crippen LogP contribution in [0, 0.1) is 5.82 Å². The molecule has 2 aromatic rings. The van der Waals surface area contributed by atoms with E-state index < -0.39 is 31.4 Å². The van der Waals surface area contributed by atoms with E-state index in [-0.39, 0.29) is 41.2 Å². The fraction of sp³-hybridized carbons (Fsp3) is 0.588. The summed E-state index contributed by atoms with van der Waals surface area (Å²) < 4.78 is 54.5. The lowest BCUT2D eigenvalue weighted by molar-refractivity contribution is 0.584. The van der Waals surface area contributed by atoms with Crippen LogP contribution in [0.2, 0.25) is 5.02 Å². The van der Waals surface area contributed by atoms with Crippen molar-refractivity contribution >= 4 is 43.8 Å². The van der Waals surface area contributed by atoms with Gasteiger partial charge < -0.3 is 4.90 Å². The maximum atomic E-state index is 14.2. The highest BCUT2D eigenvalue weighted by Gasteiger charge is 2.30. The minimum absolute atomic E-state index is 0.00996. The number of fused-ring (bicyclic) bond motifs is 1. The molecule has 3 heterocycles. The van der Waals surface area contributed by atoms with Crippen LogP contribution in [0.15, 0.2) is 12.3 Å². The second-order valence-corrected chi connectivity index (χ2v) is 12.6. The first kappa shape index (κ1) is 21.5. The minimum Gasteiger partial charge on any atom is -0.354 e. The van der Waals surface area contributed by atoms with Crippen LogP contribution in [0.5, 0.6) is 0 Å². The van der Waals surface area contributed by atoms with Gasteiger partial charge in [0.05, 0.1) is 38.5 Å². The van der Waals surface area contributed by atoms with Gasteiger partial charge >= 0.3 is 0 Å². The lowest BCUT2D eigenvalue weighted by Gasteiger charge is -2.32. The number of hydrogen-bond acceptors (Lipinski definition) is 5. The van der Waals surface area contributed by atoms with Crippen molar-refractivity contribution in [1.82, 2.24) is 14.3 Å². The zero-order chi connectivity index (χ0) is 20.9. The molecule has 1 fully saturated rings. The van der Waals surface area contributed by atoms with Crippen LogP contribution in [0.1, 0.15) is 39.3 Å². The molecule has 2 aromatic heterocycles. The lowest BCUT2D eigenvalue weighted by atomic mass is 10.1. The summed E-state index contributed by atoms with van der Waals surface area (Å²) in [5.74, 6) is 0.0249. The van der Waals surface area contributed by atoms with E-state index in [1.165, 1.54) is 4.52 Å². The van der Waals surface area contributed by atoms with Gasteiger partial charge in [-0.25, -0.2) is 26.3 Å². The van der Waals surface area contributed by atoms with Crippen molar-refractivity contribution in [1.29, 1.82) is 0 Å². The first-order valence-electron chi connectivity index (χ1n) is 8.90. The van der Waals surface area contributed by atoms with E-state index >= 15 is 0 Å². The number of halogens is 2. The van der Waals surface area contributed by atoms with E-state index in [1.807, 2.05) is 32.6 Å². The molecule has 3 rings (SSSR count). The minimum atomic E-state index is -3.09. The number of anilines is 1. The third-order valence-corrected chi connectivity index (χ3v) is 8.22. The molecule has 1 aliphatic heterocycles.